The Hall–Kier alpha value is -0.860. The van der Waals surface area contributed by atoms with E-state index in [1.54, 1.807) is 0 Å². The number of benzene rings is 1. The Morgan fingerprint density at radius 2 is 1.83 bits per heavy atom. The smallest absolute Gasteiger partial charge is 0.0665 e. The number of ether oxygens (including phenoxy) is 1. The highest BCUT2D eigenvalue weighted by Gasteiger charge is 2.15. The summed E-state index contributed by atoms with van der Waals surface area (Å²) in [7, 11) is 1.99. The van der Waals surface area contributed by atoms with Gasteiger partial charge >= 0.3 is 0 Å². The Morgan fingerprint density at radius 1 is 1.17 bits per heavy atom. The van der Waals surface area contributed by atoms with Gasteiger partial charge in [-0.15, -0.1) is 0 Å². The highest BCUT2D eigenvalue weighted by molar-refractivity contribution is 5.32. The molecule has 2 atom stereocenters. The van der Waals surface area contributed by atoms with Crippen molar-refractivity contribution in [3.63, 3.8) is 0 Å². The lowest BCUT2D eigenvalue weighted by molar-refractivity contribution is 0.0228. The molecule has 18 heavy (non-hydrogen) atoms. The first-order valence-electron chi connectivity index (χ1n) is 6.81. The van der Waals surface area contributed by atoms with Crippen molar-refractivity contribution in [3.05, 3.63) is 34.9 Å². The molecule has 2 unspecified atom stereocenters. The van der Waals surface area contributed by atoms with E-state index >= 15 is 0 Å². The molecule has 0 amide bonds. The Bertz CT molecular complexity index is 373. The Balaban J connectivity index is 2.71. The number of aryl methyl sites for hydroxylation is 2. The van der Waals surface area contributed by atoms with Crippen molar-refractivity contribution < 1.29 is 4.74 Å². The number of likely N-dealkylation sites (N-methyl/N-ethyl adjacent to an activating group) is 1. The fourth-order valence-electron chi connectivity index (χ4n) is 1.99. The molecule has 2 nitrogen and oxygen atoms in total. The molecule has 0 aliphatic heterocycles. The minimum absolute atomic E-state index is 0.270. The minimum atomic E-state index is 0.270. The number of rotatable bonds is 6. The summed E-state index contributed by atoms with van der Waals surface area (Å²) < 4.78 is 5.93. The summed E-state index contributed by atoms with van der Waals surface area (Å²) in [5.74, 6) is 0.557. The third-order valence-electron chi connectivity index (χ3n) is 3.61. The van der Waals surface area contributed by atoms with Gasteiger partial charge in [0.05, 0.1) is 18.8 Å². The van der Waals surface area contributed by atoms with Crippen LogP contribution in [0.15, 0.2) is 18.2 Å². The second kappa shape index (κ2) is 6.91. The summed E-state index contributed by atoms with van der Waals surface area (Å²) in [4.78, 5) is 0. The molecule has 0 saturated heterocycles. The zero-order valence-electron chi connectivity index (χ0n) is 12.6. The first-order chi connectivity index (χ1) is 8.45. The summed E-state index contributed by atoms with van der Waals surface area (Å²) in [6, 6.07) is 6.87. The maximum absolute atomic E-state index is 5.93. The third-order valence-corrected chi connectivity index (χ3v) is 3.61. The summed E-state index contributed by atoms with van der Waals surface area (Å²) >= 11 is 0. The van der Waals surface area contributed by atoms with Crippen LogP contribution in [0, 0.1) is 19.8 Å². The fraction of sp³-hybridized carbons (Fsp3) is 0.625. The van der Waals surface area contributed by atoms with Crippen molar-refractivity contribution in [2.75, 3.05) is 13.7 Å². The van der Waals surface area contributed by atoms with Gasteiger partial charge < -0.3 is 10.1 Å². The van der Waals surface area contributed by atoms with E-state index in [1.807, 2.05) is 7.05 Å². The van der Waals surface area contributed by atoms with E-state index in [0.29, 0.717) is 12.0 Å². The zero-order chi connectivity index (χ0) is 13.7. The molecule has 0 bridgehead atoms. The van der Waals surface area contributed by atoms with E-state index in [-0.39, 0.29) is 6.04 Å². The van der Waals surface area contributed by atoms with Crippen molar-refractivity contribution in [2.24, 2.45) is 5.92 Å². The van der Waals surface area contributed by atoms with Crippen LogP contribution in [0.3, 0.4) is 0 Å². The van der Waals surface area contributed by atoms with E-state index in [2.05, 4.69) is 58.1 Å². The maximum atomic E-state index is 5.93. The van der Waals surface area contributed by atoms with Gasteiger partial charge in [0.1, 0.15) is 0 Å². The fourth-order valence-corrected chi connectivity index (χ4v) is 1.99. The maximum Gasteiger partial charge on any atom is 0.0665 e. The minimum Gasteiger partial charge on any atom is -0.376 e. The van der Waals surface area contributed by atoms with E-state index in [4.69, 9.17) is 4.74 Å². The summed E-state index contributed by atoms with van der Waals surface area (Å²) in [6.07, 6.45) is 0.298. The average molecular weight is 249 g/mol. The van der Waals surface area contributed by atoms with Crippen LogP contribution < -0.4 is 5.32 Å². The molecule has 1 aromatic carbocycles. The van der Waals surface area contributed by atoms with Crippen molar-refractivity contribution in [3.8, 4) is 0 Å². The Kier molecular flexibility index (Phi) is 5.83. The first-order valence-corrected chi connectivity index (χ1v) is 6.81. The zero-order valence-corrected chi connectivity index (χ0v) is 12.6. The molecule has 1 N–H and O–H groups in total. The SMILES string of the molecule is CNC(COC(C)C(C)C)c1ccc(C)cc1C. The molecule has 0 heterocycles. The highest BCUT2D eigenvalue weighted by Crippen LogP contribution is 2.20. The largest absolute Gasteiger partial charge is 0.376 e. The van der Waals surface area contributed by atoms with Gasteiger partial charge in [0.2, 0.25) is 0 Å². The molecule has 0 fully saturated rings. The molecule has 0 radical (unpaired) electrons. The molecule has 0 saturated carbocycles. The van der Waals surface area contributed by atoms with Gasteiger partial charge in [0.15, 0.2) is 0 Å². The van der Waals surface area contributed by atoms with Gasteiger partial charge in [0, 0.05) is 0 Å². The molecule has 0 aromatic heterocycles. The van der Waals surface area contributed by atoms with Crippen LogP contribution >= 0.6 is 0 Å². The average Bonchev–Trinajstić information content (AvgIpc) is 2.31. The normalized spacial score (nSPS) is 14.8. The van der Waals surface area contributed by atoms with E-state index < -0.39 is 0 Å². The van der Waals surface area contributed by atoms with Crippen LogP contribution in [-0.4, -0.2) is 19.8 Å². The molecule has 102 valence electrons. The van der Waals surface area contributed by atoms with Crippen LogP contribution in [0.5, 0.6) is 0 Å². The predicted octanol–water partition coefficient (Wildman–Crippen LogP) is 3.63. The lowest BCUT2D eigenvalue weighted by Crippen LogP contribution is -2.26. The number of hydrogen-bond donors (Lipinski definition) is 1. The van der Waals surface area contributed by atoms with Crippen molar-refractivity contribution in [1.29, 1.82) is 0 Å². The lowest BCUT2D eigenvalue weighted by atomic mass is 9.99. The van der Waals surface area contributed by atoms with Crippen molar-refractivity contribution in [2.45, 2.75) is 46.8 Å². The van der Waals surface area contributed by atoms with Gasteiger partial charge in [-0.05, 0) is 44.9 Å². The lowest BCUT2D eigenvalue weighted by Gasteiger charge is -2.23. The molecule has 1 rings (SSSR count). The van der Waals surface area contributed by atoms with Crippen LogP contribution in [0.2, 0.25) is 0 Å². The molecule has 1 aromatic rings. The second-order valence-electron chi connectivity index (χ2n) is 5.48. The van der Waals surface area contributed by atoms with E-state index in [1.165, 1.54) is 16.7 Å². The molecule has 0 aliphatic rings. The third kappa shape index (κ3) is 4.11. The molecular weight excluding hydrogens is 222 g/mol. The van der Waals surface area contributed by atoms with Crippen LogP contribution in [-0.2, 0) is 4.74 Å². The second-order valence-corrected chi connectivity index (χ2v) is 5.48. The number of hydrogen-bond acceptors (Lipinski definition) is 2. The van der Waals surface area contributed by atoms with Crippen molar-refractivity contribution >= 4 is 0 Å². The van der Waals surface area contributed by atoms with Gasteiger partial charge in [-0.2, -0.15) is 0 Å². The monoisotopic (exact) mass is 249 g/mol. The molecule has 0 spiro atoms. The quantitative estimate of drug-likeness (QED) is 0.831. The summed E-state index contributed by atoms with van der Waals surface area (Å²) in [5, 5.41) is 3.35. The highest BCUT2D eigenvalue weighted by atomic mass is 16.5. The van der Waals surface area contributed by atoms with Crippen molar-refractivity contribution in [1.82, 2.24) is 5.32 Å². The molecular formula is C16H27NO. The van der Waals surface area contributed by atoms with Gasteiger partial charge in [-0.1, -0.05) is 37.6 Å². The van der Waals surface area contributed by atoms with E-state index in [0.717, 1.165) is 6.61 Å². The van der Waals surface area contributed by atoms with Gasteiger partial charge in [-0.3, -0.25) is 0 Å². The predicted molar refractivity (Wildman–Crippen MR) is 78.0 cm³/mol. The topological polar surface area (TPSA) is 21.3 Å². The number of nitrogens with one attached hydrogen (secondary N) is 1. The first kappa shape index (κ1) is 15.2. The summed E-state index contributed by atoms with van der Waals surface area (Å²) in [6.45, 7) is 11.5. The van der Waals surface area contributed by atoms with Gasteiger partial charge in [0.25, 0.3) is 0 Å². The summed E-state index contributed by atoms with van der Waals surface area (Å²) in [5.41, 5.74) is 3.97. The van der Waals surface area contributed by atoms with Gasteiger partial charge in [-0.25, -0.2) is 0 Å². The van der Waals surface area contributed by atoms with Crippen LogP contribution in [0.25, 0.3) is 0 Å². The Morgan fingerprint density at radius 3 is 2.33 bits per heavy atom. The van der Waals surface area contributed by atoms with Crippen LogP contribution in [0.4, 0.5) is 0 Å². The van der Waals surface area contributed by atoms with Crippen LogP contribution in [0.1, 0.15) is 43.5 Å². The molecule has 0 aliphatic carbocycles. The van der Waals surface area contributed by atoms with E-state index in [9.17, 15) is 0 Å². The Labute approximate surface area is 112 Å². The molecule has 2 heteroatoms. The standard InChI is InChI=1S/C16H27NO/c1-11(2)14(5)18-10-16(17-6)15-8-7-12(3)9-13(15)4/h7-9,11,14,16-17H,10H2,1-6H3.